The number of ether oxygens (including phenoxy) is 3. The molecule has 3 saturated heterocycles. The monoisotopic (exact) mass is 634 g/mol. The van der Waals surface area contributed by atoms with Crippen molar-refractivity contribution in [1.29, 1.82) is 0 Å². The third kappa shape index (κ3) is 5.12. The molecule has 7 aliphatic rings. The van der Waals surface area contributed by atoms with E-state index in [1.165, 1.54) is 50.5 Å². The van der Waals surface area contributed by atoms with E-state index < -0.39 is 0 Å². The van der Waals surface area contributed by atoms with Crippen molar-refractivity contribution < 1.29 is 24.1 Å². The maximum atomic E-state index is 13.3. The smallest absolute Gasteiger partial charge is 0.410 e. The maximum absolute atomic E-state index is 13.3. The van der Waals surface area contributed by atoms with Crippen LogP contribution in [0.2, 0.25) is 0 Å². The number of phenols is 1. The number of phenolic OH excluding ortho intramolecular Hbond substituents is 1. The zero-order chi connectivity index (χ0) is 31.8. The van der Waals surface area contributed by atoms with Gasteiger partial charge in [0.25, 0.3) is 0 Å². The predicted octanol–water partition coefficient (Wildman–Crippen LogP) is 7.46. The second kappa shape index (κ2) is 11.7. The molecule has 4 aliphatic carbocycles. The van der Waals surface area contributed by atoms with Crippen molar-refractivity contribution in [3.05, 3.63) is 29.8 Å². The third-order valence-electron chi connectivity index (χ3n) is 15.1. The molecule has 4 saturated carbocycles. The summed E-state index contributed by atoms with van der Waals surface area (Å²) in [4.78, 5) is 17.6. The van der Waals surface area contributed by atoms with E-state index in [4.69, 9.17) is 14.2 Å². The van der Waals surface area contributed by atoms with Crippen LogP contribution >= 0.6 is 0 Å². The number of hydrogen-bond donors (Lipinski definition) is 1. The second-order valence-corrected chi connectivity index (χ2v) is 17.4. The number of benzene rings is 1. The van der Waals surface area contributed by atoms with Crippen LogP contribution in [0.3, 0.4) is 0 Å². The van der Waals surface area contributed by atoms with Gasteiger partial charge in [-0.1, -0.05) is 39.8 Å². The first-order valence-electron chi connectivity index (χ1n) is 18.9. The molecule has 3 aliphatic heterocycles. The van der Waals surface area contributed by atoms with E-state index in [2.05, 4.69) is 32.6 Å². The molecule has 8 rings (SSSR count). The first kappa shape index (κ1) is 31.4. The van der Waals surface area contributed by atoms with Gasteiger partial charge in [-0.3, -0.25) is 4.90 Å². The Kier molecular flexibility index (Phi) is 7.96. The van der Waals surface area contributed by atoms with E-state index in [1.54, 1.807) is 12.1 Å². The number of carbonyl (C=O) groups excluding carboxylic acids is 1. The summed E-state index contributed by atoms with van der Waals surface area (Å²) in [6, 6.07) is 7.43. The molecule has 0 radical (unpaired) electrons. The molecular formula is C39H58N2O5. The van der Waals surface area contributed by atoms with Crippen molar-refractivity contribution in [2.75, 3.05) is 32.8 Å². The van der Waals surface area contributed by atoms with Crippen molar-refractivity contribution in [2.24, 2.45) is 52.3 Å². The molecule has 254 valence electrons. The predicted molar refractivity (Wildman–Crippen MR) is 177 cm³/mol. The number of nitrogens with zero attached hydrogens (tertiary/aromatic N) is 2. The van der Waals surface area contributed by atoms with Crippen molar-refractivity contribution in [2.45, 2.75) is 116 Å². The molecule has 1 aromatic rings. The highest BCUT2D eigenvalue weighted by Crippen LogP contribution is 2.71. The molecule has 1 spiro atoms. The van der Waals surface area contributed by atoms with Gasteiger partial charge < -0.3 is 24.2 Å². The highest BCUT2D eigenvalue weighted by Gasteiger charge is 2.69. The lowest BCUT2D eigenvalue weighted by atomic mass is 9.44. The topological polar surface area (TPSA) is 71.5 Å². The summed E-state index contributed by atoms with van der Waals surface area (Å²) < 4.78 is 19.8. The molecule has 1 N–H and O–H groups in total. The number of fused-ring (bicyclic) bond motifs is 7. The van der Waals surface area contributed by atoms with Gasteiger partial charge in [-0.25, -0.2) is 4.79 Å². The fraction of sp³-hybridized carbons (Fsp3) is 0.821. The second-order valence-electron chi connectivity index (χ2n) is 17.4. The van der Waals surface area contributed by atoms with Crippen LogP contribution in [0.1, 0.15) is 97.5 Å². The van der Waals surface area contributed by atoms with Crippen LogP contribution in [0.15, 0.2) is 24.3 Å². The van der Waals surface area contributed by atoms with Crippen molar-refractivity contribution in [3.8, 4) is 5.75 Å². The molecule has 1 amide bonds. The Labute approximate surface area is 276 Å². The molecule has 0 bridgehead atoms. The average molecular weight is 635 g/mol. The van der Waals surface area contributed by atoms with Gasteiger partial charge in [0.2, 0.25) is 0 Å². The fourth-order valence-corrected chi connectivity index (χ4v) is 12.5. The molecule has 3 heterocycles. The zero-order valence-electron chi connectivity index (χ0n) is 28.8. The van der Waals surface area contributed by atoms with Gasteiger partial charge in [0.05, 0.1) is 12.7 Å². The van der Waals surface area contributed by atoms with Gasteiger partial charge >= 0.3 is 6.09 Å². The van der Waals surface area contributed by atoms with E-state index in [9.17, 15) is 9.90 Å². The highest BCUT2D eigenvalue weighted by atomic mass is 16.7. The minimum Gasteiger partial charge on any atom is -0.508 e. The lowest BCUT2D eigenvalue weighted by Crippen LogP contribution is -2.55. The first-order chi connectivity index (χ1) is 22.1. The Bertz CT molecular complexity index is 1270. The molecule has 7 nitrogen and oxygen atoms in total. The minimum absolute atomic E-state index is 0.0560. The van der Waals surface area contributed by atoms with E-state index >= 15 is 0 Å². The first-order valence-corrected chi connectivity index (χ1v) is 18.9. The van der Waals surface area contributed by atoms with Crippen LogP contribution in [0.25, 0.3) is 0 Å². The van der Waals surface area contributed by atoms with E-state index in [0.29, 0.717) is 59.4 Å². The number of piperazine rings is 1. The SMILES string of the molecule is C[C@H]1CC[C@@]2(OC1)O[C@H]1C[C@H]3[C@@H]4CC[C@@H]5C[C@@H](OC(=O)N6CCN(Cc7ccc(O)cc7)CC6)CC[C@]5(C)[C@H]4CC[C@]3(C)[C@H]1[C@@H]2C. The number of carbonyl (C=O) groups is 1. The van der Waals surface area contributed by atoms with Crippen LogP contribution in [0, 0.1) is 52.3 Å². The lowest BCUT2D eigenvalue weighted by molar-refractivity contribution is -0.273. The standard InChI is InChI=1S/C39H58N2O5/c1-25-11-16-39(44-24-25)26(2)35-34(46-39)22-33-31-10-7-28-21-30(12-14-37(28,3)32(31)13-15-38(33,35)4)45-36(43)41-19-17-40(18-20-41)23-27-5-8-29(42)9-6-27/h5-6,8-9,25-26,28,30-35,42H,7,10-24H2,1-4H3/t25-,26-,28+,30-,31+,32-,33-,34-,35-,37-,38-,39+/m0/s1. The van der Waals surface area contributed by atoms with Gasteiger partial charge in [-0.05, 0) is 122 Å². The number of amides is 1. The Morgan fingerprint density at radius 2 is 1.67 bits per heavy atom. The molecule has 1 aromatic carbocycles. The fourth-order valence-electron chi connectivity index (χ4n) is 12.5. The van der Waals surface area contributed by atoms with Crippen molar-refractivity contribution in [3.63, 3.8) is 0 Å². The van der Waals surface area contributed by atoms with Gasteiger partial charge in [-0.15, -0.1) is 0 Å². The summed E-state index contributed by atoms with van der Waals surface area (Å²) >= 11 is 0. The van der Waals surface area contributed by atoms with Crippen LogP contribution in [0.5, 0.6) is 5.75 Å². The summed E-state index contributed by atoms with van der Waals surface area (Å²) in [5.41, 5.74) is 1.92. The minimum atomic E-state index is -0.326. The zero-order valence-corrected chi connectivity index (χ0v) is 28.8. The number of aromatic hydroxyl groups is 1. The van der Waals surface area contributed by atoms with E-state index in [-0.39, 0.29) is 18.0 Å². The Hall–Kier alpha value is -1.83. The van der Waals surface area contributed by atoms with Gasteiger partial charge in [0, 0.05) is 45.1 Å². The lowest BCUT2D eigenvalue weighted by Gasteiger charge is -2.61. The summed E-state index contributed by atoms with van der Waals surface area (Å²) in [5.74, 6) is 4.75. The summed E-state index contributed by atoms with van der Waals surface area (Å²) in [6.07, 6.45) is 12.4. The average Bonchev–Trinajstić information content (AvgIpc) is 3.49. The van der Waals surface area contributed by atoms with Gasteiger partial charge in [0.15, 0.2) is 5.79 Å². The van der Waals surface area contributed by atoms with Crippen LogP contribution in [-0.2, 0) is 20.8 Å². The third-order valence-corrected chi connectivity index (χ3v) is 15.1. The molecule has 0 unspecified atom stereocenters. The molecule has 7 heteroatoms. The Morgan fingerprint density at radius 1 is 0.913 bits per heavy atom. The molecular weight excluding hydrogens is 576 g/mol. The Morgan fingerprint density at radius 3 is 2.41 bits per heavy atom. The molecule has 7 fully saturated rings. The maximum Gasteiger partial charge on any atom is 0.410 e. The normalized spacial score (nSPS) is 47.1. The number of rotatable bonds is 3. The van der Waals surface area contributed by atoms with Gasteiger partial charge in [0.1, 0.15) is 11.9 Å². The van der Waals surface area contributed by atoms with Crippen molar-refractivity contribution in [1.82, 2.24) is 9.80 Å². The summed E-state index contributed by atoms with van der Waals surface area (Å²) in [7, 11) is 0. The quantitative estimate of drug-likeness (QED) is 0.372. The molecule has 46 heavy (non-hydrogen) atoms. The van der Waals surface area contributed by atoms with Crippen LogP contribution < -0.4 is 0 Å². The van der Waals surface area contributed by atoms with Gasteiger partial charge in [-0.2, -0.15) is 0 Å². The molecule has 12 atom stereocenters. The largest absolute Gasteiger partial charge is 0.508 e. The van der Waals surface area contributed by atoms with E-state index in [0.717, 1.165) is 63.3 Å². The van der Waals surface area contributed by atoms with Crippen LogP contribution in [-0.4, -0.2) is 71.8 Å². The van der Waals surface area contributed by atoms with Crippen LogP contribution in [0.4, 0.5) is 4.79 Å². The molecule has 0 aromatic heterocycles. The van der Waals surface area contributed by atoms with E-state index in [1.807, 2.05) is 17.0 Å². The summed E-state index contributed by atoms with van der Waals surface area (Å²) in [6.45, 7) is 14.8. The number of hydrogen-bond acceptors (Lipinski definition) is 6. The van der Waals surface area contributed by atoms with Crippen molar-refractivity contribution >= 4 is 6.09 Å². The summed E-state index contributed by atoms with van der Waals surface area (Å²) in [5, 5.41) is 9.56. The highest BCUT2D eigenvalue weighted by molar-refractivity contribution is 5.68. The Balaban J connectivity index is 0.860.